The molecule has 2 rings (SSSR count). The normalized spacial score (nSPS) is 21.7. The van der Waals surface area contributed by atoms with Crippen LogP contribution in [0.25, 0.3) is 0 Å². The standard InChI is InChI=1S/C16H23N3O2/c1-2-13-6-8-18-15(11-13)16(20)19(9-4-7-17)12-14-5-3-10-21-14/h3,5,10,13,15,18H,2,4,6,8-9,11-12H2,1H3. The third kappa shape index (κ3) is 4.33. The van der Waals surface area contributed by atoms with E-state index in [1.54, 1.807) is 11.2 Å². The van der Waals surface area contributed by atoms with E-state index in [1.807, 2.05) is 12.1 Å². The van der Waals surface area contributed by atoms with Gasteiger partial charge in [0.25, 0.3) is 0 Å². The van der Waals surface area contributed by atoms with Crippen LogP contribution in [0.1, 0.15) is 38.4 Å². The quantitative estimate of drug-likeness (QED) is 0.872. The van der Waals surface area contributed by atoms with Gasteiger partial charge in [0.15, 0.2) is 0 Å². The lowest BCUT2D eigenvalue weighted by Gasteiger charge is -2.32. The molecule has 2 unspecified atom stereocenters. The van der Waals surface area contributed by atoms with E-state index in [0.717, 1.165) is 31.6 Å². The number of hydrogen-bond donors (Lipinski definition) is 1. The number of nitrogens with zero attached hydrogens (tertiary/aromatic N) is 2. The molecule has 0 spiro atoms. The third-order valence-corrected chi connectivity index (χ3v) is 4.12. The van der Waals surface area contributed by atoms with Gasteiger partial charge in [0.1, 0.15) is 5.76 Å². The van der Waals surface area contributed by atoms with Crippen LogP contribution < -0.4 is 5.32 Å². The lowest BCUT2D eigenvalue weighted by molar-refractivity contribution is -0.135. The molecule has 1 saturated heterocycles. The Morgan fingerprint density at radius 1 is 1.62 bits per heavy atom. The van der Waals surface area contributed by atoms with Gasteiger partial charge in [-0.2, -0.15) is 5.26 Å². The van der Waals surface area contributed by atoms with Crippen molar-refractivity contribution in [3.05, 3.63) is 24.2 Å². The fourth-order valence-corrected chi connectivity index (χ4v) is 2.82. The van der Waals surface area contributed by atoms with Crippen molar-refractivity contribution in [3.8, 4) is 6.07 Å². The largest absolute Gasteiger partial charge is 0.467 e. The van der Waals surface area contributed by atoms with Gasteiger partial charge in [0.05, 0.1) is 31.3 Å². The van der Waals surface area contributed by atoms with Crippen LogP contribution in [0.3, 0.4) is 0 Å². The zero-order valence-electron chi connectivity index (χ0n) is 12.5. The van der Waals surface area contributed by atoms with E-state index in [4.69, 9.17) is 9.68 Å². The van der Waals surface area contributed by atoms with Crippen molar-refractivity contribution in [1.29, 1.82) is 5.26 Å². The second kappa shape index (κ2) is 7.84. The monoisotopic (exact) mass is 289 g/mol. The smallest absolute Gasteiger partial charge is 0.240 e. The first-order valence-electron chi connectivity index (χ1n) is 7.66. The van der Waals surface area contributed by atoms with Crippen LogP contribution in [0.5, 0.6) is 0 Å². The Bertz CT molecular complexity index is 478. The number of nitrogens with one attached hydrogen (secondary N) is 1. The van der Waals surface area contributed by atoms with Crippen molar-refractivity contribution in [2.45, 2.75) is 45.2 Å². The summed E-state index contributed by atoms with van der Waals surface area (Å²) >= 11 is 0. The highest BCUT2D eigenvalue weighted by molar-refractivity contribution is 5.82. The predicted octanol–water partition coefficient (Wildman–Crippen LogP) is 2.30. The number of piperidine rings is 1. The van der Waals surface area contributed by atoms with Gasteiger partial charge in [0, 0.05) is 6.54 Å². The number of hydrogen-bond acceptors (Lipinski definition) is 4. The van der Waals surface area contributed by atoms with E-state index in [9.17, 15) is 4.79 Å². The van der Waals surface area contributed by atoms with Gasteiger partial charge < -0.3 is 14.6 Å². The highest BCUT2D eigenvalue weighted by atomic mass is 16.3. The molecule has 0 aromatic carbocycles. The molecule has 0 saturated carbocycles. The second-order valence-electron chi connectivity index (χ2n) is 5.55. The van der Waals surface area contributed by atoms with Crippen molar-refractivity contribution < 1.29 is 9.21 Å². The van der Waals surface area contributed by atoms with E-state index < -0.39 is 0 Å². The molecular weight excluding hydrogens is 266 g/mol. The summed E-state index contributed by atoms with van der Waals surface area (Å²) in [6.45, 7) is 3.95. The fourth-order valence-electron chi connectivity index (χ4n) is 2.82. The number of nitriles is 1. The molecule has 1 amide bonds. The topological polar surface area (TPSA) is 69.3 Å². The van der Waals surface area contributed by atoms with Crippen molar-refractivity contribution in [1.82, 2.24) is 10.2 Å². The number of furan rings is 1. The zero-order valence-corrected chi connectivity index (χ0v) is 12.5. The van der Waals surface area contributed by atoms with Gasteiger partial charge in [-0.15, -0.1) is 0 Å². The highest BCUT2D eigenvalue weighted by Gasteiger charge is 2.29. The van der Waals surface area contributed by atoms with Gasteiger partial charge in [-0.05, 0) is 37.4 Å². The maximum atomic E-state index is 12.7. The van der Waals surface area contributed by atoms with E-state index in [1.165, 1.54) is 0 Å². The lowest BCUT2D eigenvalue weighted by Crippen LogP contribution is -2.50. The number of carbonyl (C=O) groups excluding carboxylic acids is 1. The molecule has 2 atom stereocenters. The maximum absolute atomic E-state index is 12.7. The first-order chi connectivity index (χ1) is 10.2. The van der Waals surface area contributed by atoms with Gasteiger partial charge >= 0.3 is 0 Å². The van der Waals surface area contributed by atoms with E-state index in [2.05, 4.69) is 18.3 Å². The van der Waals surface area contributed by atoms with Gasteiger partial charge in [-0.1, -0.05) is 13.3 Å². The highest BCUT2D eigenvalue weighted by Crippen LogP contribution is 2.21. The Hall–Kier alpha value is -1.80. The second-order valence-corrected chi connectivity index (χ2v) is 5.55. The minimum Gasteiger partial charge on any atom is -0.467 e. The molecule has 0 radical (unpaired) electrons. The van der Waals surface area contributed by atoms with Crippen molar-refractivity contribution in [3.63, 3.8) is 0 Å². The summed E-state index contributed by atoms with van der Waals surface area (Å²) in [4.78, 5) is 14.4. The predicted molar refractivity (Wildman–Crippen MR) is 79.2 cm³/mol. The molecule has 1 N–H and O–H groups in total. The summed E-state index contributed by atoms with van der Waals surface area (Å²) in [6, 6.07) is 5.65. The molecule has 114 valence electrons. The molecule has 1 aliphatic rings. The van der Waals surface area contributed by atoms with E-state index in [-0.39, 0.29) is 11.9 Å². The number of rotatable bonds is 6. The van der Waals surface area contributed by atoms with E-state index >= 15 is 0 Å². The number of carbonyl (C=O) groups is 1. The molecule has 1 fully saturated rings. The lowest BCUT2D eigenvalue weighted by atomic mass is 9.90. The third-order valence-electron chi connectivity index (χ3n) is 4.12. The molecule has 1 aromatic heterocycles. The number of amides is 1. The van der Waals surface area contributed by atoms with Crippen LogP contribution in [0.2, 0.25) is 0 Å². The van der Waals surface area contributed by atoms with Crippen molar-refractivity contribution >= 4 is 5.91 Å². The summed E-state index contributed by atoms with van der Waals surface area (Å²) in [6.07, 6.45) is 5.08. The van der Waals surface area contributed by atoms with Gasteiger partial charge in [-0.3, -0.25) is 4.79 Å². The van der Waals surface area contributed by atoms with Crippen LogP contribution in [0.4, 0.5) is 0 Å². The zero-order chi connectivity index (χ0) is 15.1. The molecule has 5 heteroatoms. The summed E-state index contributed by atoms with van der Waals surface area (Å²) < 4.78 is 5.33. The molecule has 1 aliphatic heterocycles. The summed E-state index contributed by atoms with van der Waals surface area (Å²) in [5, 5.41) is 12.1. The first kappa shape index (κ1) is 15.6. The maximum Gasteiger partial charge on any atom is 0.240 e. The summed E-state index contributed by atoms with van der Waals surface area (Å²) in [5.41, 5.74) is 0. The average Bonchev–Trinajstić information content (AvgIpc) is 3.03. The minimum atomic E-state index is -0.127. The molecule has 2 heterocycles. The van der Waals surface area contributed by atoms with Crippen LogP contribution in [-0.4, -0.2) is 29.9 Å². The first-order valence-corrected chi connectivity index (χ1v) is 7.66. The summed E-state index contributed by atoms with van der Waals surface area (Å²) in [7, 11) is 0. The summed E-state index contributed by atoms with van der Waals surface area (Å²) in [5.74, 6) is 1.45. The molecule has 5 nitrogen and oxygen atoms in total. The van der Waals surface area contributed by atoms with Crippen LogP contribution in [-0.2, 0) is 11.3 Å². The van der Waals surface area contributed by atoms with Crippen LogP contribution in [0.15, 0.2) is 22.8 Å². The minimum absolute atomic E-state index is 0.0831. The fraction of sp³-hybridized carbons (Fsp3) is 0.625. The Morgan fingerprint density at radius 2 is 2.48 bits per heavy atom. The van der Waals surface area contributed by atoms with Gasteiger partial charge in [0.2, 0.25) is 5.91 Å². The molecule has 1 aromatic rings. The van der Waals surface area contributed by atoms with Crippen LogP contribution >= 0.6 is 0 Å². The molecular formula is C16H23N3O2. The molecule has 0 aliphatic carbocycles. The van der Waals surface area contributed by atoms with Crippen LogP contribution in [0, 0.1) is 17.2 Å². The SMILES string of the molecule is CCC1CCNC(C(=O)N(CCC#N)Cc2ccco2)C1. The molecule has 21 heavy (non-hydrogen) atoms. The Kier molecular flexibility index (Phi) is 5.82. The molecule has 0 bridgehead atoms. The van der Waals surface area contributed by atoms with Gasteiger partial charge in [-0.25, -0.2) is 0 Å². The Balaban J connectivity index is 2.01. The Morgan fingerprint density at radius 3 is 3.14 bits per heavy atom. The average molecular weight is 289 g/mol. The Labute approximate surface area is 125 Å². The van der Waals surface area contributed by atoms with Crippen molar-refractivity contribution in [2.75, 3.05) is 13.1 Å². The van der Waals surface area contributed by atoms with Crippen molar-refractivity contribution in [2.24, 2.45) is 5.92 Å². The van der Waals surface area contributed by atoms with E-state index in [0.29, 0.717) is 25.4 Å².